The van der Waals surface area contributed by atoms with Crippen molar-refractivity contribution in [2.24, 2.45) is 0 Å². The smallest absolute Gasteiger partial charge is 0.166 e. The molecule has 0 saturated heterocycles. The first kappa shape index (κ1) is 16.2. The summed E-state index contributed by atoms with van der Waals surface area (Å²) in [5, 5.41) is 7.56. The monoisotopic (exact) mass is 306 g/mol. The van der Waals surface area contributed by atoms with Crippen LogP contribution in [0.1, 0.15) is 43.2 Å². The highest BCUT2D eigenvalue weighted by Gasteiger charge is 2.13. The minimum Gasteiger partial charge on any atom is -0.360 e. The van der Waals surface area contributed by atoms with Gasteiger partial charge < -0.3 is 15.5 Å². The van der Waals surface area contributed by atoms with Crippen LogP contribution in [-0.4, -0.2) is 25.2 Å². The van der Waals surface area contributed by atoms with E-state index >= 15 is 0 Å². The summed E-state index contributed by atoms with van der Waals surface area (Å²) >= 11 is 5.39. The molecule has 0 spiro atoms. The molecule has 1 fully saturated rings. The second-order valence-corrected chi connectivity index (χ2v) is 6.77. The van der Waals surface area contributed by atoms with E-state index in [-0.39, 0.29) is 0 Å². The summed E-state index contributed by atoms with van der Waals surface area (Å²) < 4.78 is 0. The summed E-state index contributed by atoms with van der Waals surface area (Å²) in [5.74, 6) is 0. The van der Waals surface area contributed by atoms with Crippen molar-refractivity contribution < 1.29 is 4.90 Å². The number of thiocarbonyl (C=S) groups is 1. The fraction of sp³-hybridized carbons (Fsp3) is 0.588. The highest BCUT2D eigenvalue weighted by atomic mass is 32.1. The summed E-state index contributed by atoms with van der Waals surface area (Å²) in [4.78, 5) is 1.44. The molecule has 116 valence electrons. The van der Waals surface area contributed by atoms with Gasteiger partial charge in [0, 0.05) is 18.2 Å². The lowest BCUT2D eigenvalue weighted by atomic mass is 9.96. The lowest BCUT2D eigenvalue weighted by Gasteiger charge is -2.24. The molecule has 1 aliphatic rings. The zero-order chi connectivity index (χ0) is 15.1. The van der Waals surface area contributed by atoms with Crippen molar-refractivity contribution in [2.45, 2.75) is 51.2 Å². The molecule has 1 aromatic carbocycles. The Kier molecular flexibility index (Phi) is 6.46. The van der Waals surface area contributed by atoms with E-state index < -0.39 is 0 Å². The molecule has 3 N–H and O–H groups in total. The Labute approximate surface area is 134 Å². The fourth-order valence-corrected chi connectivity index (χ4v) is 3.09. The topological polar surface area (TPSA) is 28.5 Å². The van der Waals surface area contributed by atoms with Crippen LogP contribution < -0.4 is 15.5 Å². The van der Waals surface area contributed by atoms with Gasteiger partial charge in [0.15, 0.2) is 5.11 Å². The Balaban J connectivity index is 1.73. The Morgan fingerprint density at radius 3 is 2.33 bits per heavy atom. The van der Waals surface area contributed by atoms with Crippen molar-refractivity contribution in [3.63, 3.8) is 0 Å². The maximum absolute atomic E-state index is 5.39. The van der Waals surface area contributed by atoms with E-state index in [1.165, 1.54) is 48.1 Å². The standard InChI is InChI=1S/C17H27N3S/c1-20(2)13-15-10-8-14(9-11-15)12-18-17(21)19-16-6-4-3-5-7-16/h8-11,16H,3-7,12-13H2,1-2H3,(H2,18,19,21)/p+1. The molecule has 0 unspecified atom stereocenters. The van der Waals surface area contributed by atoms with Crippen LogP contribution in [0.25, 0.3) is 0 Å². The normalized spacial score (nSPS) is 16.0. The van der Waals surface area contributed by atoms with E-state index in [9.17, 15) is 0 Å². The average molecular weight is 306 g/mol. The van der Waals surface area contributed by atoms with Gasteiger partial charge in [0.05, 0.1) is 14.1 Å². The van der Waals surface area contributed by atoms with Crippen LogP contribution in [0.2, 0.25) is 0 Å². The highest BCUT2D eigenvalue weighted by molar-refractivity contribution is 7.80. The lowest BCUT2D eigenvalue weighted by molar-refractivity contribution is -0.872. The first-order valence-electron chi connectivity index (χ1n) is 8.04. The summed E-state index contributed by atoms with van der Waals surface area (Å²) in [6, 6.07) is 9.37. The van der Waals surface area contributed by atoms with Crippen molar-refractivity contribution >= 4 is 17.3 Å². The van der Waals surface area contributed by atoms with Gasteiger partial charge in [-0.25, -0.2) is 0 Å². The Hall–Kier alpha value is -1.13. The third-order valence-electron chi connectivity index (χ3n) is 3.97. The number of benzene rings is 1. The van der Waals surface area contributed by atoms with Crippen LogP contribution in [0.3, 0.4) is 0 Å². The SMILES string of the molecule is C[NH+](C)Cc1ccc(CNC(=S)NC2CCCCC2)cc1. The van der Waals surface area contributed by atoms with Gasteiger partial charge in [0.1, 0.15) is 6.54 Å². The van der Waals surface area contributed by atoms with E-state index in [0.717, 1.165) is 18.2 Å². The van der Waals surface area contributed by atoms with Crippen LogP contribution >= 0.6 is 12.2 Å². The van der Waals surface area contributed by atoms with Gasteiger partial charge in [-0.3, -0.25) is 0 Å². The molecule has 1 aliphatic carbocycles. The minimum atomic E-state index is 0.573. The van der Waals surface area contributed by atoms with Crippen molar-refractivity contribution in [2.75, 3.05) is 14.1 Å². The molecule has 0 aliphatic heterocycles. The predicted molar refractivity (Wildman–Crippen MR) is 92.4 cm³/mol. The zero-order valence-corrected chi connectivity index (χ0v) is 14.1. The minimum absolute atomic E-state index is 0.573. The highest BCUT2D eigenvalue weighted by Crippen LogP contribution is 2.17. The van der Waals surface area contributed by atoms with E-state index in [2.05, 4.69) is 49.0 Å². The molecule has 0 amide bonds. The Bertz CT molecular complexity index is 436. The van der Waals surface area contributed by atoms with Crippen molar-refractivity contribution in [1.29, 1.82) is 0 Å². The molecule has 0 bridgehead atoms. The third-order valence-corrected chi connectivity index (χ3v) is 4.24. The van der Waals surface area contributed by atoms with E-state index in [1.807, 2.05) is 0 Å². The number of quaternary nitrogens is 1. The number of nitrogens with one attached hydrogen (secondary N) is 3. The molecule has 0 atom stereocenters. The van der Waals surface area contributed by atoms with Gasteiger partial charge in [0.2, 0.25) is 0 Å². The summed E-state index contributed by atoms with van der Waals surface area (Å²) in [6.45, 7) is 1.86. The van der Waals surface area contributed by atoms with Gasteiger partial charge in [-0.15, -0.1) is 0 Å². The van der Waals surface area contributed by atoms with Crippen LogP contribution in [0.4, 0.5) is 0 Å². The quantitative estimate of drug-likeness (QED) is 0.722. The van der Waals surface area contributed by atoms with Crippen molar-refractivity contribution in [3.8, 4) is 0 Å². The predicted octanol–water partition coefficient (Wildman–Crippen LogP) is 1.63. The molecule has 0 aromatic heterocycles. The van der Waals surface area contributed by atoms with Gasteiger partial charge in [-0.05, 0) is 30.6 Å². The van der Waals surface area contributed by atoms with Crippen LogP contribution in [0, 0.1) is 0 Å². The summed E-state index contributed by atoms with van der Waals surface area (Å²) in [6.07, 6.45) is 6.54. The van der Waals surface area contributed by atoms with Gasteiger partial charge >= 0.3 is 0 Å². The third kappa shape index (κ3) is 6.02. The molecule has 0 radical (unpaired) electrons. The van der Waals surface area contributed by atoms with Gasteiger partial charge in [0.25, 0.3) is 0 Å². The van der Waals surface area contributed by atoms with Crippen LogP contribution in [-0.2, 0) is 13.1 Å². The largest absolute Gasteiger partial charge is 0.360 e. The van der Waals surface area contributed by atoms with Crippen molar-refractivity contribution in [3.05, 3.63) is 35.4 Å². The maximum atomic E-state index is 5.39. The molecule has 1 saturated carbocycles. The van der Waals surface area contributed by atoms with Gasteiger partial charge in [-0.1, -0.05) is 43.5 Å². The molecular weight excluding hydrogens is 278 g/mol. The van der Waals surface area contributed by atoms with E-state index in [4.69, 9.17) is 12.2 Å². The molecule has 2 rings (SSSR count). The maximum Gasteiger partial charge on any atom is 0.166 e. The van der Waals surface area contributed by atoms with Gasteiger partial charge in [-0.2, -0.15) is 0 Å². The first-order chi connectivity index (χ1) is 10.1. The van der Waals surface area contributed by atoms with Crippen LogP contribution in [0.5, 0.6) is 0 Å². The molecule has 1 aromatic rings. The Morgan fingerprint density at radius 2 is 1.71 bits per heavy atom. The lowest BCUT2D eigenvalue weighted by Crippen LogP contribution is -3.04. The van der Waals surface area contributed by atoms with Crippen LogP contribution in [0.15, 0.2) is 24.3 Å². The van der Waals surface area contributed by atoms with Crippen molar-refractivity contribution in [1.82, 2.24) is 10.6 Å². The first-order valence-corrected chi connectivity index (χ1v) is 8.45. The summed E-state index contributed by atoms with van der Waals surface area (Å²) in [5.41, 5.74) is 2.65. The second-order valence-electron chi connectivity index (χ2n) is 6.36. The number of hydrogen-bond donors (Lipinski definition) is 3. The molecule has 3 nitrogen and oxygen atoms in total. The van der Waals surface area contributed by atoms with E-state index in [0.29, 0.717) is 6.04 Å². The number of rotatable bonds is 5. The van der Waals surface area contributed by atoms with E-state index in [1.54, 1.807) is 0 Å². The zero-order valence-electron chi connectivity index (χ0n) is 13.2. The summed E-state index contributed by atoms with van der Waals surface area (Å²) in [7, 11) is 4.34. The molecule has 0 heterocycles. The second kappa shape index (κ2) is 8.35. The molecular formula is C17H28N3S+. The fourth-order valence-electron chi connectivity index (χ4n) is 2.85. The number of hydrogen-bond acceptors (Lipinski definition) is 1. The Morgan fingerprint density at radius 1 is 1.10 bits per heavy atom. The average Bonchev–Trinajstić information content (AvgIpc) is 2.47. The molecule has 21 heavy (non-hydrogen) atoms. The molecule has 4 heteroatoms.